The molecule has 5 heteroatoms. The van der Waals surface area contributed by atoms with Gasteiger partial charge in [0.25, 0.3) is 0 Å². The molecule has 1 rings (SSSR count). The molecule has 1 atom stereocenters. The van der Waals surface area contributed by atoms with Crippen molar-refractivity contribution in [1.29, 1.82) is 0 Å². The maximum absolute atomic E-state index is 8.51. The van der Waals surface area contributed by atoms with Crippen LogP contribution in [0.3, 0.4) is 0 Å². The molecule has 0 bridgehead atoms. The van der Waals surface area contributed by atoms with Crippen LogP contribution in [0.4, 0.5) is 0 Å². The smallest absolute Gasteiger partial charge is 0.156 e. The van der Waals surface area contributed by atoms with Crippen LogP contribution >= 0.6 is 0 Å². The second-order valence-electron chi connectivity index (χ2n) is 4.20. The summed E-state index contributed by atoms with van der Waals surface area (Å²) in [5.41, 5.74) is 5.50. The van der Waals surface area contributed by atoms with Crippen molar-refractivity contribution >= 4 is 5.84 Å². The van der Waals surface area contributed by atoms with Crippen LogP contribution in [0.2, 0.25) is 0 Å². The quantitative estimate of drug-likeness (QED) is 0.213. The highest BCUT2D eigenvalue weighted by Crippen LogP contribution is 2.28. The Labute approximate surface area is 90.9 Å². The van der Waals surface area contributed by atoms with E-state index in [9.17, 15) is 0 Å². The molecule has 0 aromatic heterocycles. The Morgan fingerprint density at radius 2 is 2.33 bits per heavy atom. The Morgan fingerprint density at radius 1 is 1.67 bits per heavy atom. The van der Waals surface area contributed by atoms with Gasteiger partial charge in [-0.1, -0.05) is 5.16 Å². The maximum Gasteiger partial charge on any atom is 0.156 e. The summed E-state index contributed by atoms with van der Waals surface area (Å²) in [6.45, 7) is 4.28. The molecule has 3 N–H and O–H groups in total. The summed E-state index contributed by atoms with van der Waals surface area (Å²) in [6.07, 6.45) is 2.63. The molecule has 88 valence electrons. The number of oxime groups is 1. The first-order valence-corrected chi connectivity index (χ1v) is 5.40. The van der Waals surface area contributed by atoms with Crippen LogP contribution in [-0.4, -0.2) is 48.8 Å². The van der Waals surface area contributed by atoms with Gasteiger partial charge < -0.3 is 15.7 Å². The Bertz CT molecular complexity index is 217. The number of hydrogen-bond donors (Lipinski definition) is 2. The largest absolute Gasteiger partial charge is 0.409 e. The average molecular weight is 215 g/mol. The number of likely N-dealkylation sites (N-methyl/N-ethyl adjacent to an activating group) is 1. The van der Waals surface area contributed by atoms with Gasteiger partial charge >= 0.3 is 0 Å². The maximum atomic E-state index is 8.51. The Hall–Kier alpha value is -0.810. The number of amidine groups is 1. The van der Waals surface area contributed by atoms with E-state index in [1.54, 1.807) is 0 Å². The summed E-state index contributed by atoms with van der Waals surface area (Å²) < 4.78 is 5.51. The highest BCUT2D eigenvalue weighted by Gasteiger charge is 2.21. The van der Waals surface area contributed by atoms with Gasteiger partial charge in [-0.25, -0.2) is 0 Å². The fourth-order valence-corrected chi connectivity index (χ4v) is 1.25. The molecule has 0 spiro atoms. The lowest BCUT2D eigenvalue weighted by molar-refractivity contribution is 0.0999. The first-order valence-electron chi connectivity index (χ1n) is 5.40. The van der Waals surface area contributed by atoms with Gasteiger partial charge in [0.15, 0.2) is 5.84 Å². The van der Waals surface area contributed by atoms with Crippen LogP contribution in [0.1, 0.15) is 19.8 Å². The predicted octanol–water partition coefficient (Wildman–Crippen LogP) is 0.480. The molecular weight excluding hydrogens is 194 g/mol. The molecule has 1 aliphatic rings. The summed E-state index contributed by atoms with van der Waals surface area (Å²) in [5, 5.41) is 11.5. The van der Waals surface area contributed by atoms with Crippen LogP contribution in [0.5, 0.6) is 0 Å². The van der Waals surface area contributed by atoms with E-state index in [0.717, 1.165) is 19.1 Å². The fraction of sp³-hybridized carbons (Fsp3) is 0.900. The zero-order valence-corrected chi connectivity index (χ0v) is 9.52. The summed E-state index contributed by atoms with van der Waals surface area (Å²) in [5.74, 6) is 1.04. The topological polar surface area (TPSA) is 71.1 Å². The molecule has 0 saturated heterocycles. The molecule has 15 heavy (non-hydrogen) atoms. The lowest BCUT2D eigenvalue weighted by Crippen LogP contribution is -2.42. The molecule has 0 radical (unpaired) electrons. The highest BCUT2D eigenvalue weighted by molar-refractivity contribution is 5.84. The lowest BCUT2D eigenvalue weighted by atomic mass is 10.3. The third kappa shape index (κ3) is 4.48. The average Bonchev–Trinajstić information content (AvgIpc) is 3.05. The van der Waals surface area contributed by atoms with E-state index < -0.39 is 0 Å². The molecule has 1 aliphatic carbocycles. The molecule has 0 amide bonds. The van der Waals surface area contributed by atoms with Gasteiger partial charge in [-0.2, -0.15) is 0 Å². The molecule has 1 fully saturated rings. The van der Waals surface area contributed by atoms with Gasteiger partial charge in [0, 0.05) is 13.2 Å². The third-order valence-electron chi connectivity index (χ3n) is 2.84. The normalized spacial score (nSPS) is 19.5. The first kappa shape index (κ1) is 12.3. The zero-order chi connectivity index (χ0) is 11.3. The highest BCUT2D eigenvalue weighted by atomic mass is 16.5. The summed E-state index contributed by atoms with van der Waals surface area (Å²) >= 11 is 0. The van der Waals surface area contributed by atoms with Crippen LogP contribution in [0, 0.1) is 5.92 Å². The van der Waals surface area contributed by atoms with Crippen molar-refractivity contribution in [2.45, 2.75) is 25.8 Å². The van der Waals surface area contributed by atoms with Crippen LogP contribution in [0.25, 0.3) is 0 Å². The zero-order valence-electron chi connectivity index (χ0n) is 9.52. The van der Waals surface area contributed by atoms with E-state index in [-0.39, 0.29) is 11.9 Å². The number of nitrogens with two attached hydrogens (primary N) is 1. The molecular formula is C10H21N3O2. The minimum atomic E-state index is -0.0560. The van der Waals surface area contributed by atoms with Gasteiger partial charge in [-0.05, 0) is 32.7 Å². The van der Waals surface area contributed by atoms with E-state index in [2.05, 4.69) is 5.16 Å². The lowest BCUT2D eigenvalue weighted by Gasteiger charge is -2.23. The molecule has 0 aromatic carbocycles. The molecule has 0 aliphatic heterocycles. The molecule has 0 aromatic rings. The van der Waals surface area contributed by atoms with Crippen molar-refractivity contribution < 1.29 is 9.94 Å². The van der Waals surface area contributed by atoms with Crippen molar-refractivity contribution in [3.63, 3.8) is 0 Å². The third-order valence-corrected chi connectivity index (χ3v) is 2.84. The first-order chi connectivity index (χ1) is 7.15. The standard InChI is InChI=1S/C10H21N3O2/c1-8(10(11)12-14)13(2)5-6-15-7-9-3-4-9/h8-9,14H,3-7H2,1-2H3,(H2,11,12). The Balaban J connectivity index is 2.07. The SMILES string of the molecule is CC(C(N)=NO)N(C)CCOCC1CC1. The molecule has 1 unspecified atom stereocenters. The minimum Gasteiger partial charge on any atom is -0.409 e. The number of hydrogen-bond acceptors (Lipinski definition) is 4. The summed E-state index contributed by atoms with van der Waals surface area (Å²) in [6, 6.07) is -0.0560. The van der Waals surface area contributed by atoms with Gasteiger partial charge in [0.1, 0.15) is 0 Å². The van der Waals surface area contributed by atoms with Crippen molar-refractivity contribution in [3.8, 4) is 0 Å². The summed E-state index contributed by atoms with van der Waals surface area (Å²) in [7, 11) is 1.93. The second kappa shape index (κ2) is 5.92. The Morgan fingerprint density at radius 3 is 2.87 bits per heavy atom. The number of nitrogens with zero attached hydrogens (tertiary/aromatic N) is 2. The van der Waals surface area contributed by atoms with Gasteiger partial charge in [0.2, 0.25) is 0 Å². The van der Waals surface area contributed by atoms with E-state index in [0.29, 0.717) is 6.61 Å². The monoisotopic (exact) mass is 215 g/mol. The van der Waals surface area contributed by atoms with E-state index in [1.165, 1.54) is 12.8 Å². The van der Waals surface area contributed by atoms with Crippen LogP contribution < -0.4 is 5.73 Å². The molecule has 5 nitrogen and oxygen atoms in total. The minimum absolute atomic E-state index is 0.0560. The van der Waals surface area contributed by atoms with E-state index >= 15 is 0 Å². The molecule has 0 heterocycles. The van der Waals surface area contributed by atoms with Crippen molar-refractivity contribution in [3.05, 3.63) is 0 Å². The van der Waals surface area contributed by atoms with Crippen molar-refractivity contribution in [1.82, 2.24) is 4.90 Å². The van der Waals surface area contributed by atoms with Crippen LogP contribution in [0.15, 0.2) is 5.16 Å². The van der Waals surface area contributed by atoms with E-state index in [4.69, 9.17) is 15.7 Å². The van der Waals surface area contributed by atoms with E-state index in [1.807, 2.05) is 18.9 Å². The van der Waals surface area contributed by atoms with Crippen molar-refractivity contribution in [2.75, 3.05) is 26.8 Å². The van der Waals surface area contributed by atoms with Crippen LogP contribution in [-0.2, 0) is 4.74 Å². The van der Waals surface area contributed by atoms with Gasteiger partial charge in [-0.3, -0.25) is 4.90 Å². The fourth-order valence-electron chi connectivity index (χ4n) is 1.25. The Kier molecular flexibility index (Phi) is 4.84. The number of rotatable bonds is 7. The molecule has 1 saturated carbocycles. The van der Waals surface area contributed by atoms with Gasteiger partial charge in [-0.15, -0.1) is 0 Å². The summed E-state index contributed by atoms with van der Waals surface area (Å²) in [4.78, 5) is 2.00. The van der Waals surface area contributed by atoms with Gasteiger partial charge in [0.05, 0.1) is 12.6 Å². The predicted molar refractivity (Wildman–Crippen MR) is 59.0 cm³/mol. The van der Waals surface area contributed by atoms with Crippen molar-refractivity contribution in [2.24, 2.45) is 16.8 Å². The second-order valence-corrected chi connectivity index (χ2v) is 4.20. The number of ether oxygens (including phenoxy) is 1.